The van der Waals surface area contributed by atoms with Crippen molar-refractivity contribution in [1.29, 1.82) is 0 Å². The van der Waals surface area contributed by atoms with E-state index >= 15 is 0 Å². The van der Waals surface area contributed by atoms with Crippen LogP contribution < -0.4 is 19.7 Å². The number of allylic oxidation sites excluding steroid dienone is 1. The molecule has 0 saturated carbocycles. The minimum absolute atomic E-state index is 0.259. The van der Waals surface area contributed by atoms with Gasteiger partial charge in [-0.25, -0.2) is 4.79 Å². The number of hydrogen-bond donors (Lipinski definition) is 1. The smallest absolute Gasteiger partial charge is 0.326 e. The van der Waals surface area contributed by atoms with Crippen LogP contribution in [0.25, 0.3) is 17.0 Å². The number of nitrogens with one attached hydrogen (secondary N) is 1. The molecule has 0 aliphatic carbocycles. The summed E-state index contributed by atoms with van der Waals surface area (Å²) in [5, 5.41) is 7.38. The topological polar surface area (TPSA) is 89.7 Å². The fourth-order valence-corrected chi connectivity index (χ4v) is 4.53. The molecule has 0 radical (unpaired) electrons. The standard InChI is InChI=1S/C29H28N4O4/c1-17-9-11-20(12-10-17)27-31-28(37-32-27)25-19(3)33(22-8-6-7-18(2)15-22)29(34)30-26(25)21-13-14-23(35-4)24(16-21)36-5/h6-16,26H,1-5H3,(H,30,34). The Morgan fingerprint density at radius 2 is 1.65 bits per heavy atom. The van der Waals surface area contributed by atoms with Gasteiger partial charge in [-0.3, -0.25) is 4.90 Å². The zero-order valence-corrected chi connectivity index (χ0v) is 21.4. The highest BCUT2D eigenvalue weighted by molar-refractivity contribution is 6.01. The molecule has 0 saturated heterocycles. The second kappa shape index (κ2) is 9.81. The first kappa shape index (κ1) is 24.1. The van der Waals surface area contributed by atoms with Crippen molar-refractivity contribution in [3.63, 3.8) is 0 Å². The molecule has 8 heteroatoms. The van der Waals surface area contributed by atoms with Crippen molar-refractivity contribution in [3.8, 4) is 22.9 Å². The van der Waals surface area contributed by atoms with Crippen molar-refractivity contribution in [3.05, 3.63) is 95.0 Å². The summed E-state index contributed by atoms with van der Waals surface area (Å²) >= 11 is 0. The maximum absolute atomic E-state index is 13.5. The summed E-state index contributed by atoms with van der Waals surface area (Å²) < 4.78 is 16.7. The third-order valence-electron chi connectivity index (χ3n) is 6.45. The first-order valence-electron chi connectivity index (χ1n) is 11.9. The molecule has 2 heterocycles. The molecule has 0 spiro atoms. The number of anilines is 1. The molecule has 3 aromatic carbocycles. The molecule has 1 aliphatic heterocycles. The van der Waals surface area contributed by atoms with E-state index in [0.29, 0.717) is 34.5 Å². The Balaban J connectivity index is 1.66. The van der Waals surface area contributed by atoms with Crippen LogP contribution in [0.3, 0.4) is 0 Å². The van der Waals surface area contributed by atoms with Crippen molar-refractivity contribution >= 4 is 17.3 Å². The van der Waals surface area contributed by atoms with E-state index in [0.717, 1.165) is 27.9 Å². The molecular weight excluding hydrogens is 468 g/mol. The molecule has 1 aliphatic rings. The Morgan fingerprint density at radius 1 is 0.892 bits per heavy atom. The van der Waals surface area contributed by atoms with E-state index in [9.17, 15) is 4.79 Å². The van der Waals surface area contributed by atoms with Crippen molar-refractivity contribution in [1.82, 2.24) is 15.5 Å². The maximum Gasteiger partial charge on any atom is 0.326 e. The summed E-state index contributed by atoms with van der Waals surface area (Å²) in [7, 11) is 3.16. The van der Waals surface area contributed by atoms with E-state index in [4.69, 9.17) is 19.0 Å². The van der Waals surface area contributed by atoms with E-state index in [-0.39, 0.29) is 6.03 Å². The van der Waals surface area contributed by atoms with E-state index in [1.54, 1.807) is 19.1 Å². The van der Waals surface area contributed by atoms with Gasteiger partial charge in [-0.05, 0) is 56.2 Å². The van der Waals surface area contributed by atoms with Crippen molar-refractivity contribution in [2.45, 2.75) is 26.8 Å². The van der Waals surface area contributed by atoms with E-state index in [1.165, 1.54) is 0 Å². The fourth-order valence-electron chi connectivity index (χ4n) is 4.53. The fraction of sp³-hybridized carbons (Fsp3) is 0.207. The number of ether oxygens (including phenoxy) is 2. The molecule has 0 bridgehead atoms. The summed E-state index contributed by atoms with van der Waals surface area (Å²) in [6.07, 6.45) is 0. The molecule has 4 aromatic rings. The van der Waals surface area contributed by atoms with Crippen LogP contribution in [0.4, 0.5) is 10.5 Å². The molecule has 1 atom stereocenters. The number of urea groups is 1. The van der Waals surface area contributed by atoms with Crippen LogP contribution in [0.2, 0.25) is 0 Å². The Bertz CT molecular complexity index is 1490. The van der Waals surface area contributed by atoms with Crippen LogP contribution in [0, 0.1) is 13.8 Å². The normalized spacial score (nSPS) is 15.5. The maximum atomic E-state index is 13.5. The Labute approximate surface area is 215 Å². The summed E-state index contributed by atoms with van der Waals surface area (Å²) in [4.78, 5) is 19.8. The minimum Gasteiger partial charge on any atom is -0.493 e. The number of amides is 2. The van der Waals surface area contributed by atoms with Crippen LogP contribution in [-0.4, -0.2) is 30.4 Å². The number of rotatable bonds is 6. The van der Waals surface area contributed by atoms with Crippen molar-refractivity contribution < 1.29 is 18.8 Å². The highest BCUT2D eigenvalue weighted by Crippen LogP contribution is 2.41. The highest BCUT2D eigenvalue weighted by atomic mass is 16.5. The van der Waals surface area contributed by atoms with Gasteiger partial charge < -0.3 is 19.3 Å². The number of carbonyl (C=O) groups is 1. The lowest BCUT2D eigenvalue weighted by Gasteiger charge is -2.35. The number of aromatic nitrogens is 2. The lowest BCUT2D eigenvalue weighted by Crippen LogP contribution is -2.46. The number of carbonyl (C=O) groups excluding carboxylic acids is 1. The predicted octanol–water partition coefficient (Wildman–Crippen LogP) is 6.07. The third kappa shape index (κ3) is 4.53. The van der Waals surface area contributed by atoms with E-state index in [2.05, 4.69) is 10.5 Å². The second-order valence-electron chi connectivity index (χ2n) is 8.96. The van der Waals surface area contributed by atoms with Gasteiger partial charge in [0.05, 0.1) is 31.5 Å². The number of aryl methyl sites for hydroxylation is 2. The largest absolute Gasteiger partial charge is 0.493 e. The van der Waals surface area contributed by atoms with Gasteiger partial charge >= 0.3 is 6.03 Å². The summed E-state index contributed by atoms with van der Waals surface area (Å²) in [5.74, 6) is 1.94. The van der Waals surface area contributed by atoms with Gasteiger partial charge in [0.15, 0.2) is 11.5 Å². The summed E-state index contributed by atoms with van der Waals surface area (Å²) in [6, 6.07) is 20.4. The highest BCUT2D eigenvalue weighted by Gasteiger charge is 2.37. The van der Waals surface area contributed by atoms with Gasteiger partial charge in [0.25, 0.3) is 5.89 Å². The lowest BCUT2D eigenvalue weighted by molar-refractivity contribution is 0.244. The zero-order chi connectivity index (χ0) is 26.1. The minimum atomic E-state index is -0.556. The lowest BCUT2D eigenvalue weighted by atomic mass is 9.94. The Morgan fingerprint density at radius 3 is 2.35 bits per heavy atom. The molecule has 188 valence electrons. The third-order valence-corrected chi connectivity index (χ3v) is 6.45. The molecule has 1 N–H and O–H groups in total. The molecular formula is C29H28N4O4. The van der Waals surface area contributed by atoms with Crippen LogP contribution in [-0.2, 0) is 0 Å². The van der Waals surface area contributed by atoms with Crippen LogP contribution in [0.15, 0.2) is 77.0 Å². The number of benzene rings is 3. The van der Waals surface area contributed by atoms with Crippen LogP contribution in [0.5, 0.6) is 11.5 Å². The summed E-state index contributed by atoms with van der Waals surface area (Å²) in [6.45, 7) is 5.90. The Hall–Kier alpha value is -4.59. The van der Waals surface area contributed by atoms with Gasteiger partial charge in [-0.1, -0.05) is 53.2 Å². The molecule has 8 nitrogen and oxygen atoms in total. The van der Waals surface area contributed by atoms with Gasteiger partial charge in [-0.2, -0.15) is 4.98 Å². The van der Waals surface area contributed by atoms with Gasteiger partial charge in [-0.15, -0.1) is 0 Å². The quantitative estimate of drug-likeness (QED) is 0.348. The second-order valence-corrected chi connectivity index (χ2v) is 8.96. The Kier molecular flexibility index (Phi) is 6.40. The number of hydrogen-bond acceptors (Lipinski definition) is 6. The molecule has 1 unspecified atom stereocenters. The van der Waals surface area contributed by atoms with Crippen molar-refractivity contribution in [2.24, 2.45) is 0 Å². The number of nitrogens with zero attached hydrogens (tertiary/aromatic N) is 3. The van der Waals surface area contributed by atoms with Crippen LogP contribution >= 0.6 is 0 Å². The molecule has 37 heavy (non-hydrogen) atoms. The molecule has 5 rings (SSSR count). The van der Waals surface area contributed by atoms with E-state index < -0.39 is 6.04 Å². The predicted molar refractivity (Wildman–Crippen MR) is 142 cm³/mol. The molecule has 0 fully saturated rings. The van der Waals surface area contributed by atoms with E-state index in [1.807, 2.05) is 87.5 Å². The van der Waals surface area contributed by atoms with Gasteiger partial charge in [0, 0.05) is 11.3 Å². The first-order valence-corrected chi connectivity index (χ1v) is 11.9. The van der Waals surface area contributed by atoms with Crippen molar-refractivity contribution in [2.75, 3.05) is 19.1 Å². The van der Waals surface area contributed by atoms with Gasteiger partial charge in [0.2, 0.25) is 5.82 Å². The average molecular weight is 497 g/mol. The van der Waals surface area contributed by atoms with Gasteiger partial charge in [0.1, 0.15) is 0 Å². The number of methoxy groups -OCH3 is 2. The van der Waals surface area contributed by atoms with Crippen LogP contribution in [0.1, 0.15) is 35.5 Å². The summed E-state index contributed by atoms with van der Waals surface area (Å²) in [5.41, 5.74) is 5.95. The average Bonchev–Trinajstić information content (AvgIpc) is 3.38. The first-order chi connectivity index (χ1) is 17.9. The SMILES string of the molecule is COc1ccc(C2NC(=O)N(c3cccc(C)c3)C(C)=C2c2nc(-c3ccc(C)cc3)no2)cc1OC. The monoisotopic (exact) mass is 496 g/mol. The molecule has 2 amide bonds. The molecule has 1 aromatic heterocycles. The zero-order valence-electron chi connectivity index (χ0n) is 21.4.